The summed E-state index contributed by atoms with van der Waals surface area (Å²) < 4.78 is 14.2. The molecule has 0 atom stereocenters. The summed E-state index contributed by atoms with van der Waals surface area (Å²) in [7, 11) is 0. The molecule has 4 aromatic rings. The summed E-state index contributed by atoms with van der Waals surface area (Å²) in [6.45, 7) is 3.87. The molecule has 0 spiro atoms. The average Bonchev–Trinajstić information content (AvgIpc) is 3.36. The fraction of sp³-hybridized carbons (Fsp3) is 0.182. The van der Waals surface area contributed by atoms with Crippen LogP contribution in [0.4, 0.5) is 0 Å². The minimum absolute atomic E-state index is 0.101. The second kappa shape index (κ2) is 8.20. The van der Waals surface area contributed by atoms with E-state index in [9.17, 15) is 9.59 Å². The van der Waals surface area contributed by atoms with Gasteiger partial charge in [-0.25, -0.2) is 19.6 Å². The molecule has 4 rings (SSSR count). The molecule has 2 heterocycles. The Morgan fingerprint density at radius 3 is 1.57 bits per heavy atom. The Balaban J connectivity index is 1.44. The van der Waals surface area contributed by atoms with Gasteiger partial charge >= 0.3 is 11.9 Å². The number of aryl methyl sites for hydroxylation is 2. The lowest BCUT2D eigenvalue weighted by molar-refractivity contribution is 0.0359. The number of aromatic nitrogens is 4. The smallest absolute Gasteiger partial charge is 0.339 e. The lowest BCUT2D eigenvalue weighted by Gasteiger charge is -2.09. The second-order valence-corrected chi connectivity index (χ2v) is 6.79. The molecule has 0 N–H and O–H groups in total. The maximum atomic E-state index is 12.4. The van der Waals surface area contributed by atoms with E-state index < -0.39 is 11.9 Å². The summed E-state index contributed by atoms with van der Waals surface area (Å²) >= 11 is 0. The maximum absolute atomic E-state index is 12.4. The van der Waals surface area contributed by atoms with Crippen LogP contribution >= 0.6 is 0 Å². The van der Waals surface area contributed by atoms with E-state index in [0.717, 1.165) is 22.4 Å². The van der Waals surface area contributed by atoms with E-state index in [0.29, 0.717) is 11.1 Å². The molecule has 8 nitrogen and oxygen atoms in total. The van der Waals surface area contributed by atoms with E-state index in [2.05, 4.69) is 9.97 Å². The van der Waals surface area contributed by atoms with E-state index >= 15 is 0 Å². The molecule has 0 unspecified atom stereocenters. The Morgan fingerprint density at radius 2 is 1.20 bits per heavy atom. The second-order valence-electron chi connectivity index (χ2n) is 6.79. The SMILES string of the molecule is Cc1nccn1COC(=O)c1ccc2cc(C(=O)OCn3ccnc3C)ccc2c1. The van der Waals surface area contributed by atoms with E-state index in [4.69, 9.17) is 9.47 Å². The van der Waals surface area contributed by atoms with Gasteiger partial charge in [0.25, 0.3) is 0 Å². The monoisotopic (exact) mass is 404 g/mol. The molecule has 0 aliphatic rings. The van der Waals surface area contributed by atoms with Gasteiger partial charge in [0, 0.05) is 24.8 Å². The van der Waals surface area contributed by atoms with Crippen LogP contribution in [0.1, 0.15) is 32.4 Å². The Hall–Kier alpha value is -3.94. The zero-order chi connectivity index (χ0) is 21.1. The van der Waals surface area contributed by atoms with Crippen LogP contribution in [0.3, 0.4) is 0 Å². The number of benzene rings is 2. The molecular formula is C22H20N4O4. The predicted molar refractivity (Wildman–Crippen MR) is 109 cm³/mol. The Labute approximate surface area is 172 Å². The molecule has 0 aliphatic carbocycles. The average molecular weight is 404 g/mol. The number of carbonyl (C=O) groups is 2. The Morgan fingerprint density at radius 1 is 0.767 bits per heavy atom. The first-order valence-electron chi connectivity index (χ1n) is 9.35. The summed E-state index contributed by atoms with van der Waals surface area (Å²) in [4.78, 5) is 32.9. The molecule has 2 aromatic carbocycles. The van der Waals surface area contributed by atoms with Crippen molar-refractivity contribution in [3.63, 3.8) is 0 Å². The molecule has 0 amide bonds. The number of hydrogen-bond donors (Lipinski definition) is 0. The minimum Gasteiger partial charge on any atom is -0.440 e. The minimum atomic E-state index is -0.427. The molecule has 152 valence electrons. The van der Waals surface area contributed by atoms with Crippen molar-refractivity contribution in [1.82, 2.24) is 19.1 Å². The van der Waals surface area contributed by atoms with Crippen molar-refractivity contribution in [2.24, 2.45) is 0 Å². The number of carbonyl (C=O) groups excluding carboxylic acids is 2. The molecular weight excluding hydrogens is 384 g/mol. The van der Waals surface area contributed by atoms with Gasteiger partial charge in [-0.2, -0.15) is 0 Å². The first-order chi connectivity index (χ1) is 14.5. The van der Waals surface area contributed by atoms with Gasteiger partial charge in [0.2, 0.25) is 0 Å². The Bertz CT molecular complexity index is 1130. The third kappa shape index (κ3) is 4.07. The number of esters is 2. The topological polar surface area (TPSA) is 88.2 Å². The van der Waals surface area contributed by atoms with Crippen LogP contribution in [0.25, 0.3) is 10.8 Å². The fourth-order valence-electron chi connectivity index (χ4n) is 3.00. The number of nitrogens with zero attached hydrogens (tertiary/aromatic N) is 4. The third-order valence-electron chi connectivity index (χ3n) is 4.83. The standard InChI is InChI=1S/C22H20N4O4/c1-15-23-7-9-25(15)13-29-21(27)19-5-3-18-12-20(6-4-17(18)11-19)22(28)30-14-26-10-8-24-16(26)2/h3-12H,13-14H2,1-2H3. The Kier molecular flexibility index (Phi) is 5.30. The molecule has 0 radical (unpaired) electrons. The number of rotatable bonds is 6. The van der Waals surface area contributed by atoms with Gasteiger partial charge in [0.15, 0.2) is 13.5 Å². The van der Waals surface area contributed by atoms with Crippen LogP contribution in [0.15, 0.2) is 61.2 Å². The summed E-state index contributed by atoms with van der Waals surface area (Å²) in [6.07, 6.45) is 6.80. The molecule has 2 aromatic heterocycles. The largest absolute Gasteiger partial charge is 0.440 e. The van der Waals surface area contributed by atoms with Gasteiger partial charge < -0.3 is 18.6 Å². The predicted octanol–water partition coefficient (Wildman–Crippen LogP) is 3.48. The highest BCUT2D eigenvalue weighted by molar-refractivity contribution is 5.98. The lowest BCUT2D eigenvalue weighted by atomic mass is 10.0. The van der Waals surface area contributed by atoms with Gasteiger partial charge in [-0.1, -0.05) is 12.1 Å². The first-order valence-corrected chi connectivity index (χ1v) is 9.35. The van der Waals surface area contributed by atoms with Gasteiger partial charge in [0.05, 0.1) is 11.1 Å². The molecule has 0 bridgehead atoms. The van der Waals surface area contributed by atoms with E-state index in [1.807, 2.05) is 13.8 Å². The van der Waals surface area contributed by atoms with Crippen LogP contribution in [0, 0.1) is 13.8 Å². The van der Waals surface area contributed by atoms with Gasteiger partial charge in [-0.3, -0.25) is 0 Å². The van der Waals surface area contributed by atoms with Gasteiger partial charge in [-0.15, -0.1) is 0 Å². The van der Waals surface area contributed by atoms with Crippen molar-refractivity contribution >= 4 is 22.7 Å². The number of ether oxygens (including phenoxy) is 2. The lowest BCUT2D eigenvalue weighted by Crippen LogP contribution is -2.11. The zero-order valence-corrected chi connectivity index (χ0v) is 16.6. The molecule has 0 saturated carbocycles. The van der Waals surface area contributed by atoms with Crippen LogP contribution in [0.2, 0.25) is 0 Å². The number of imidazole rings is 2. The zero-order valence-electron chi connectivity index (χ0n) is 16.6. The van der Waals surface area contributed by atoms with E-state index in [-0.39, 0.29) is 13.5 Å². The molecule has 30 heavy (non-hydrogen) atoms. The molecule has 8 heteroatoms. The normalized spacial score (nSPS) is 10.9. The van der Waals surface area contributed by atoms with Crippen molar-refractivity contribution in [3.8, 4) is 0 Å². The quantitative estimate of drug-likeness (QED) is 0.457. The van der Waals surface area contributed by atoms with E-state index in [1.165, 1.54) is 0 Å². The van der Waals surface area contributed by atoms with Crippen molar-refractivity contribution in [2.45, 2.75) is 27.3 Å². The van der Waals surface area contributed by atoms with E-state index in [1.54, 1.807) is 70.3 Å². The highest BCUT2D eigenvalue weighted by Gasteiger charge is 2.12. The van der Waals surface area contributed by atoms with Crippen LogP contribution in [-0.2, 0) is 22.9 Å². The molecule has 0 aliphatic heterocycles. The van der Waals surface area contributed by atoms with Crippen LogP contribution in [-0.4, -0.2) is 31.0 Å². The number of hydrogen-bond acceptors (Lipinski definition) is 6. The van der Waals surface area contributed by atoms with Crippen molar-refractivity contribution in [2.75, 3.05) is 0 Å². The summed E-state index contributed by atoms with van der Waals surface area (Å²) in [5.74, 6) is 0.682. The highest BCUT2D eigenvalue weighted by atomic mass is 16.5. The van der Waals surface area contributed by atoms with Gasteiger partial charge in [-0.05, 0) is 48.9 Å². The van der Waals surface area contributed by atoms with Crippen molar-refractivity contribution in [3.05, 3.63) is 84.0 Å². The van der Waals surface area contributed by atoms with Crippen molar-refractivity contribution in [1.29, 1.82) is 0 Å². The summed E-state index contributed by atoms with van der Waals surface area (Å²) in [5.41, 5.74) is 0.873. The highest BCUT2D eigenvalue weighted by Crippen LogP contribution is 2.19. The van der Waals surface area contributed by atoms with Crippen LogP contribution < -0.4 is 0 Å². The maximum Gasteiger partial charge on any atom is 0.339 e. The summed E-state index contributed by atoms with van der Waals surface area (Å²) in [5, 5.41) is 1.65. The third-order valence-corrected chi connectivity index (χ3v) is 4.83. The number of fused-ring (bicyclic) bond motifs is 1. The van der Waals surface area contributed by atoms with Crippen LogP contribution in [0.5, 0.6) is 0 Å². The molecule has 0 saturated heterocycles. The molecule has 0 fully saturated rings. The fourth-order valence-corrected chi connectivity index (χ4v) is 3.00. The van der Waals surface area contributed by atoms with Gasteiger partial charge in [0.1, 0.15) is 11.6 Å². The first kappa shape index (κ1) is 19.4. The van der Waals surface area contributed by atoms with Crippen molar-refractivity contribution < 1.29 is 19.1 Å². The summed E-state index contributed by atoms with van der Waals surface area (Å²) in [6, 6.07) is 10.4.